The Morgan fingerprint density at radius 3 is 2.74 bits per heavy atom. The van der Waals surface area contributed by atoms with Crippen LogP contribution in [0.25, 0.3) is 0 Å². The molecule has 0 bridgehead atoms. The first-order chi connectivity index (χ1) is 9.20. The highest BCUT2D eigenvalue weighted by molar-refractivity contribution is 7.14. The number of amides is 1. The highest BCUT2D eigenvalue weighted by atomic mass is 32.1. The zero-order chi connectivity index (χ0) is 13.7. The molecule has 1 aromatic heterocycles. The predicted molar refractivity (Wildman–Crippen MR) is 80.6 cm³/mol. The summed E-state index contributed by atoms with van der Waals surface area (Å²) in [6.07, 6.45) is 6.68. The molecule has 3 nitrogen and oxygen atoms in total. The molecule has 1 fully saturated rings. The van der Waals surface area contributed by atoms with E-state index in [0.717, 1.165) is 29.9 Å². The number of hydrogen-bond acceptors (Lipinski definition) is 3. The summed E-state index contributed by atoms with van der Waals surface area (Å²) in [5.74, 6) is 0.256. The summed E-state index contributed by atoms with van der Waals surface area (Å²) in [6, 6.07) is 4.21. The number of hydrogen-bond donors (Lipinski definition) is 1. The summed E-state index contributed by atoms with van der Waals surface area (Å²) in [5.41, 5.74) is 3.63. The van der Waals surface area contributed by atoms with Gasteiger partial charge >= 0.3 is 0 Å². The molecule has 1 aliphatic rings. The highest BCUT2D eigenvalue weighted by Crippen LogP contribution is 2.23. The van der Waals surface area contributed by atoms with Crippen molar-refractivity contribution in [3.05, 3.63) is 21.9 Å². The van der Waals surface area contributed by atoms with Crippen LogP contribution >= 0.6 is 11.3 Å². The Bertz CT molecular complexity index is 458. The van der Waals surface area contributed by atoms with E-state index in [2.05, 4.69) is 29.6 Å². The Kier molecular flexibility index (Phi) is 5.14. The van der Waals surface area contributed by atoms with E-state index in [1.807, 2.05) is 6.92 Å². The fraction of sp³-hybridized carbons (Fsp3) is 0.600. The first-order valence-corrected chi connectivity index (χ1v) is 7.95. The molecular formula is C15H22N2OS. The molecule has 0 atom stereocenters. The van der Waals surface area contributed by atoms with E-state index < -0.39 is 0 Å². The van der Waals surface area contributed by atoms with Crippen molar-refractivity contribution in [2.75, 3.05) is 0 Å². The van der Waals surface area contributed by atoms with Gasteiger partial charge in [-0.2, -0.15) is 5.10 Å². The van der Waals surface area contributed by atoms with E-state index >= 15 is 0 Å². The summed E-state index contributed by atoms with van der Waals surface area (Å²) < 4.78 is 0. The van der Waals surface area contributed by atoms with Crippen molar-refractivity contribution < 1.29 is 4.79 Å². The van der Waals surface area contributed by atoms with Gasteiger partial charge in [-0.25, -0.2) is 5.43 Å². The molecule has 0 aliphatic heterocycles. The second kappa shape index (κ2) is 6.85. The number of nitrogens with one attached hydrogen (secondary N) is 1. The van der Waals surface area contributed by atoms with Crippen molar-refractivity contribution in [3.63, 3.8) is 0 Å². The Balaban J connectivity index is 1.91. The van der Waals surface area contributed by atoms with Gasteiger partial charge in [-0.3, -0.25) is 4.79 Å². The first-order valence-electron chi connectivity index (χ1n) is 7.14. The second-order valence-corrected chi connectivity index (χ2v) is 6.30. The molecule has 1 saturated carbocycles. The molecule has 0 unspecified atom stereocenters. The SMILES string of the molecule is CCc1ccc(C(C)=NNC(=O)C2CCCCC2)s1. The zero-order valence-electron chi connectivity index (χ0n) is 11.7. The van der Waals surface area contributed by atoms with Crippen molar-refractivity contribution in [1.29, 1.82) is 0 Å². The maximum atomic E-state index is 12.0. The predicted octanol–water partition coefficient (Wildman–Crippen LogP) is 3.73. The van der Waals surface area contributed by atoms with E-state index in [-0.39, 0.29) is 11.8 Å². The van der Waals surface area contributed by atoms with Crippen LogP contribution in [0.15, 0.2) is 17.2 Å². The van der Waals surface area contributed by atoms with Gasteiger partial charge in [-0.15, -0.1) is 11.3 Å². The van der Waals surface area contributed by atoms with Gasteiger partial charge in [0, 0.05) is 10.8 Å². The van der Waals surface area contributed by atoms with Crippen molar-refractivity contribution in [2.24, 2.45) is 11.0 Å². The topological polar surface area (TPSA) is 41.5 Å². The fourth-order valence-electron chi connectivity index (χ4n) is 2.41. The van der Waals surface area contributed by atoms with Crippen LogP contribution in [-0.2, 0) is 11.2 Å². The molecule has 1 heterocycles. The van der Waals surface area contributed by atoms with Crippen LogP contribution in [-0.4, -0.2) is 11.6 Å². The van der Waals surface area contributed by atoms with Crippen LogP contribution in [0.1, 0.15) is 55.7 Å². The lowest BCUT2D eigenvalue weighted by Crippen LogP contribution is -2.29. The average Bonchev–Trinajstić information content (AvgIpc) is 2.94. The van der Waals surface area contributed by atoms with Crippen LogP contribution in [0.3, 0.4) is 0 Å². The lowest BCUT2D eigenvalue weighted by atomic mass is 9.89. The Labute approximate surface area is 119 Å². The van der Waals surface area contributed by atoms with Crippen molar-refractivity contribution in [3.8, 4) is 0 Å². The molecule has 104 valence electrons. The Hall–Kier alpha value is -1.16. The summed E-state index contributed by atoms with van der Waals surface area (Å²) in [5, 5.41) is 4.24. The van der Waals surface area contributed by atoms with E-state index in [9.17, 15) is 4.79 Å². The molecule has 2 rings (SSSR count). The van der Waals surface area contributed by atoms with Crippen LogP contribution in [0.2, 0.25) is 0 Å². The normalized spacial score (nSPS) is 17.5. The highest BCUT2D eigenvalue weighted by Gasteiger charge is 2.20. The monoisotopic (exact) mass is 278 g/mol. The quantitative estimate of drug-likeness (QED) is 0.661. The van der Waals surface area contributed by atoms with E-state index in [1.165, 1.54) is 24.1 Å². The Morgan fingerprint density at radius 2 is 2.11 bits per heavy atom. The van der Waals surface area contributed by atoms with Crippen LogP contribution in [0.4, 0.5) is 0 Å². The second-order valence-electron chi connectivity index (χ2n) is 5.13. The van der Waals surface area contributed by atoms with Crippen molar-refractivity contribution in [1.82, 2.24) is 5.43 Å². The van der Waals surface area contributed by atoms with Crippen molar-refractivity contribution in [2.45, 2.75) is 52.4 Å². The molecule has 0 aromatic carbocycles. The average molecular weight is 278 g/mol. The molecule has 0 spiro atoms. The first kappa shape index (κ1) is 14.3. The molecule has 19 heavy (non-hydrogen) atoms. The third-order valence-corrected chi connectivity index (χ3v) is 5.01. The number of rotatable bonds is 4. The lowest BCUT2D eigenvalue weighted by Gasteiger charge is -2.19. The number of carbonyl (C=O) groups excluding carboxylic acids is 1. The molecule has 0 saturated heterocycles. The van der Waals surface area contributed by atoms with Gasteiger partial charge in [0.15, 0.2) is 0 Å². The molecule has 1 N–H and O–H groups in total. The van der Waals surface area contributed by atoms with Gasteiger partial charge in [0.25, 0.3) is 0 Å². The van der Waals surface area contributed by atoms with E-state index in [0.29, 0.717) is 0 Å². The Morgan fingerprint density at radius 1 is 1.37 bits per heavy atom. The van der Waals surface area contributed by atoms with Gasteiger partial charge in [-0.1, -0.05) is 26.2 Å². The standard InChI is InChI=1S/C15H22N2OS/c1-3-13-9-10-14(19-13)11(2)16-17-15(18)12-7-5-4-6-8-12/h9-10,12H,3-8H2,1-2H3,(H,17,18). The molecule has 0 radical (unpaired) electrons. The summed E-state index contributed by atoms with van der Waals surface area (Å²) in [7, 11) is 0. The van der Waals surface area contributed by atoms with E-state index in [1.54, 1.807) is 11.3 Å². The maximum absolute atomic E-state index is 12.0. The minimum atomic E-state index is 0.0892. The third-order valence-electron chi connectivity index (χ3n) is 3.68. The van der Waals surface area contributed by atoms with Gasteiger partial charge in [0.05, 0.1) is 10.6 Å². The molecule has 1 aliphatic carbocycles. The number of thiophene rings is 1. The lowest BCUT2D eigenvalue weighted by molar-refractivity contribution is -0.125. The number of hydrazone groups is 1. The van der Waals surface area contributed by atoms with Crippen LogP contribution in [0.5, 0.6) is 0 Å². The molecule has 1 amide bonds. The third kappa shape index (κ3) is 3.90. The fourth-order valence-corrected chi connectivity index (χ4v) is 3.30. The zero-order valence-corrected chi connectivity index (χ0v) is 12.6. The van der Waals surface area contributed by atoms with Crippen LogP contribution in [0, 0.1) is 5.92 Å². The molecule has 1 aromatic rings. The summed E-state index contributed by atoms with van der Waals surface area (Å²) in [4.78, 5) is 14.5. The summed E-state index contributed by atoms with van der Waals surface area (Å²) >= 11 is 1.75. The van der Waals surface area contributed by atoms with Gasteiger partial charge in [-0.05, 0) is 38.3 Å². The number of aryl methyl sites for hydroxylation is 1. The smallest absolute Gasteiger partial charge is 0.243 e. The van der Waals surface area contributed by atoms with Gasteiger partial charge in [0.1, 0.15) is 0 Å². The number of carbonyl (C=O) groups is 1. The van der Waals surface area contributed by atoms with Crippen LogP contribution < -0.4 is 5.43 Å². The molecule has 4 heteroatoms. The molecular weight excluding hydrogens is 256 g/mol. The number of nitrogens with zero attached hydrogens (tertiary/aromatic N) is 1. The van der Waals surface area contributed by atoms with E-state index in [4.69, 9.17) is 0 Å². The largest absolute Gasteiger partial charge is 0.273 e. The minimum absolute atomic E-state index is 0.0892. The van der Waals surface area contributed by atoms with Gasteiger partial charge in [0.2, 0.25) is 5.91 Å². The minimum Gasteiger partial charge on any atom is -0.273 e. The van der Waals surface area contributed by atoms with Crippen molar-refractivity contribution >= 4 is 23.0 Å². The maximum Gasteiger partial charge on any atom is 0.243 e. The summed E-state index contributed by atoms with van der Waals surface area (Å²) in [6.45, 7) is 4.10. The van der Waals surface area contributed by atoms with Gasteiger partial charge < -0.3 is 0 Å².